The second-order valence-electron chi connectivity index (χ2n) is 6.57. The fraction of sp³-hybridized carbons (Fsp3) is 0.300. The molecular weight excluding hydrogens is 405 g/mol. The first-order valence-electron chi connectivity index (χ1n) is 8.34. The van der Waals surface area contributed by atoms with Crippen molar-refractivity contribution in [3.8, 4) is 0 Å². The van der Waals surface area contributed by atoms with Gasteiger partial charge in [0.15, 0.2) is 0 Å². The molecule has 146 valence electrons. The lowest BCUT2D eigenvalue weighted by atomic mass is 9.99. The minimum absolute atomic E-state index is 0. The van der Waals surface area contributed by atoms with Gasteiger partial charge in [0.25, 0.3) is 0 Å². The van der Waals surface area contributed by atoms with Crippen LogP contribution in [0.3, 0.4) is 0 Å². The van der Waals surface area contributed by atoms with Crippen molar-refractivity contribution in [1.82, 2.24) is 4.90 Å². The average Bonchev–Trinajstić information content (AvgIpc) is 2.71. The third-order valence-corrected chi connectivity index (χ3v) is 4.47. The second kappa shape index (κ2) is 10.1. The van der Waals surface area contributed by atoms with E-state index < -0.39 is 0 Å². The zero-order valence-electron chi connectivity index (χ0n) is 15.6. The van der Waals surface area contributed by atoms with Crippen molar-refractivity contribution in [3.05, 3.63) is 64.7 Å². The third-order valence-electron chi connectivity index (χ3n) is 4.23. The molecule has 0 radical (unpaired) electrons. The van der Waals surface area contributed by atoms with E-state index in [-0.39, 0.29) is 43.3 Å². The summed E-state index contributed by atoms with van der Waals surface area (Å²) in [5, 5.41) is 0.636. The molecular formula is C20H24Cl3N3O. The lowest BCUT2D eigenvalue weighted by molar-refractivity contribution is -0.117. The van der Waals surface area contributed by atoms with Gasteiger partial charge in [-0.15, -0.1) is 24.8 Å². The molecule has 2 aromatic carbocycles. The van der Waals surface area contributed by atoms with E-state index in [1.807, 2.05) is 67.5 Å². The van der Waals surface area contributed by atoms with E-state index in [0.717, 1.165) is 29.1 Å². The molecule has 0 saturated carbocycles. The van der Waals surface area contributed by atoms with E-state index in [9.17, 15) is 4.79 Å². The Morgan fingerprint density at radius 2 is 1.81 bits per heavy atom. The van der Waals surface area contributed by atoms with Crippen molar-refractivity contribution in [3.63, 3.8) is 0 Å². The van der Waals surface area contributed by atoms with Gasteiger partial charge in [-0.2, -0.15) is 0 Å². The Morgan fingerprint density at radius 3 is 2.44 bits per heavy atom. The summed E-state index contributed by atoms with van der Waals surface area (Å²) < 4.78 is 0. The fourth-order valence-corrected chi connectivity index (χ4v) is 3.46. The van der Waals surface area contributed by atoms with Crippen molar-refractivity contribution < 1.29 is 4.79 Å². The molecule has 0 N–H and O–H groups in total. The van der Waals surface area contributed by atoms with Crippen LogP contribution in [0.25, 0.3) is 0 Å². The topological polar surface area (TPSA) is 35.9 Å². The smallest absolute Gasteiger partial charge is 0.248 e. The van der Waals surface area contributed by atoms with Gasteiger partial charge in [0.05, 0.1) is 11.4 Å². The molecule has 1 aliphatic rings. The maximum atomic E-state index is 12.8. The molecule has 4 nitrogen and oxygen atoms in total. The minimum Gasteiger partial charge on any atom is -0.307 e. The monoisotopic (exact) mass is 427 g/mol. The van der Waals surface area contributed by atoms with Gasteiger partial charge in [0.1, 0.15) is 6.54 Å². The van der Waals surface area contributed by atoms with Gasteiger partial charge in [0, 0.05) is 28.7 Å². The molecule has 1 heterocycles. The van der Waals surface area contributed by atoms with Crippen molar-refractivity contribution in [2.75, 3.05) is 32.1 Å². The van der Waals surface area contributed by atoms with Gasteiger partial charge in [0.2, 0.25) is 5.91 Å². The van der Waals surface area contributed by atoms with E-state index in [4.69, 9.17) is 11.6 Å². The maximum absolute atomic E-state index is 12.8. The molecule has 1 aliphatic heterocycles. The van der Waals surface area contributed by atoms with Crippen LogP contribution in [-0.4, -0.2) is 49.7 Å². The summed E-state index contributed by atoms with van der Waals surface area (Å²) in [6.45, 7) is 2.96. The number of hydrogen-bond acceptors (Lipinski definition) is 3. The minimum atomic E-state index is 0. The molecule has 7 heteroatoms. The fourth-order valence-electron chi connectivity index (χ4n) is 3.29. The highest BCUT2D eigenvalue weighted by Gasteiger charge is 2.29. The van der Waals surface area contributed by atoms with Crippen LogP contribution in [0.15, 0.2) is 53.5 Å². The number of nitrogens with zero attached hydrogens (tertiary/aromatic N) is 3. The van der Waals surface area contributed by atoms with Gasteiger partial charge in [-0.05, 0) is 39.2 Å². The Labute approximate surface area is 178 Å². The number of hydrogen-bond donors (Lipinski definition) is 0. The van der Waals surface area contributed by atoms with Crippen LogP contribution in [-0.2, 0) is 4.79 Å². The zero-order chi connectivity index (χ0) is 18.0. The normalized spacial score (nSPS) is 14.5. The molecule has 0 saturated heterocycles. The first-order chi connectivity index (χ1) is 12.0. The van der Waals surface area contributed by atoms with Crippen molar-refractivity contribution in [2.45, 2.75) is 13.0 Å². The summed E-state index contributed by atoms with van der Waals surface area (Å²) in [4.78, 5) is 21.4. The molecule has 1 amide bonds. The largest absolute Gasteiger partial charge is 0.307 e. The Bertz CT molecular complexity index is 809. The third kappa shape index (κ3) is 5.23. The van der Waals surface area contributed by atoms with Crippen LogP contribution < -0.4 is 4.90 Å². The maximum Gasteiger partial charge on any atom is 0.248 e. The number of fused-ring (bicyclic) bond motifs is 1. The van der Waals surface area contributed by atoms with Crippen LogP contribution in [0.2, 0.25) is 5.02 Å². The summed E-state index contributed by atoms with van der Waals surface area (Å²) in [7, 11) is 4.01. The number of halogens is 3. The average molecular weight is 429 g/mol. The van der Waals surface area contributed by atoms with Gasteiger partial charge in [-0.1, -0.05) is 41.9 Å². The zero-order valence-corrected chi connectivity index (χ0v) is 17.9. The van der Waals surface area contributed by atoms with Crippen LogP contribution in [0.5, 0.6) is 0 Å². The highest BCUT2D eigenvalue weighted by Crippen LogP contribution is 2.31. The highest BCUT2D eigenvalue weighted by atomic mass is 35.5. The van der Waals surface area contributed by atoms with E-state index in [1.54, 1.807) is 0 Å². The number of likely N-dealkylation sites (N-methyl/N-ethyl adjacent to an activating group) is 1. The number of carbonyl (C=O) groups is 1. The lowest BCUT2D eigenvalue weighted by Crippen LogP contribution is -2.45. The molecule has 0 fully saturated rings. The molecule has 3 rings (SSSR count). The summed E-state index contributed by atoms with van der Waals surface area (Å²) in [5.41, 5.74) is 3.56. The number of benzene rings is 2. The van der Waals surface area contributed by atoms with Crippen LogP contribution in [0.1, 0.15) is 18.1 Å². The first kappa shape index (κ1) is 23.4. The van der Waals surface area contributed by atoms with Gasteiger partial charge in [-0.3, -0.25) is 9.79 Å². The Morgan fingerprint density at radius 1 is 1.15 bits per heavy atom. The Kier molecular flexibility index (Phi) is 8.76. The SMILES string of the molecule is CC(CN(C)C)N1C(=O)CN=C(c2ccccc2)c2cc(Cl)ccc21.Cl.Cl. The standard InChI is InChI=1S/C20H22ClN3O.2ClH/c1-14(13-23(2)3)24-18-10-9-16(21)11-17(18)20(22-12-19(24)25)15-7-5-4-6-8-15;;/h4-11,14H,12-13H2,1-3H3;2*1H. The quantitative estimate of drug-likeness (QED) is 0.727. The molecule has 1 unspecified atom stereocenters. The molecule has 2 aromatic rings. The van der Waals surface area contributed by atoms with Crippen LogP contribution in [0.4, 0.5) is 5.69 Å². The molecule has 27 heavy (non-hydrogen) atoms. The molecule has 1 atom stereocenters. The van der Waals surface area contributed by atoms with Crippen molar-refractivity contribution >= 4 is 53.7 Å². The Balaban J connectivity index is 0.00000182. The van der Waals surface area contributed by atoms with E-state index in [2.05, 4.69) is 16.8 Å². The molecule has 0 aliphatic carbocycles. The number of anilines is 1. The van der Waals surface area contributed by atoms with Crippen LogP contribution >= 0.6 is 36.4 Å². The van der Waals surface area contributed by atoms with E-state index in [1.165, 1.54) is 0 Å². The number of rotatable bonds is 4. The summed E-state index contributed by atoms with van der Waals surface area (Å²) in [6.07, 6.45) is 0. The first-order valence-corrected chi connectivity index (χ1v) is 8.71. The molecule has 0 bridgehead atoms. The Hall–Kier alpha value is -1.59. The van der Waals surface area contributed by atoms with E-state index in [0.29, 0.717) is 5.02 Å². The second-order valence-corrected chi connectivity index (χ2v) is 7.00. The highest BCUT2D eigenvalue weighted by molar-refractivity contribution is 6.32. The lowest BCUT2D eigenvalue weighted by Gasteiger charge is -2.31. The number of aliphatic imine (C=N–C) groups is 1. The number of amides is 1. The van der Waals surface area contributed by atoms with Gasteiger partial charge in [-0.25, -0.2) is 0 Å². The van der Waals surface area contributed by atoms with Crippen molar-refractivity contribution in [2.24, 2.45) is 4.99 Å². The summed E-state index contributed by atoms with van der Waals surface area (Å²) in [5.74, 6) is 0.00357. The van der Waals surface area contributed by atoms with Crippen LogP contribution in [0, 0.1) is 0 Å². The van der Waals surface area contributed by atoms with E-state index >= 15 is 0 Å². The predicted octanol–water partition coefficient (Wildman–Crippen LogP) is 4.32. The predicted molar refractivity (Wildman–Crippen MR) is 118 cm³/mol. The molecule has 0 spiro atoms. The number of carbonyl (C=O) groups excluding carboxylic acids is 1. The van der Waals surface area contributed by atoms with Gasteiger partial charge < -0.3 is 9.80 Å². The van der Waals surface area contributed by atoms with Gasteiger partial charge >= 0.3 is 0 Å². The molecule has 0 aromatic heterocycles. The van der Waals surface area contributed by atoms with Crippen molar-refractivity contribution in [1.29, 1.82) is 0 Å². The summed E-state index contributed by atoms with van der Waals surface area (Å²) in [6, 6.07) is 15.6. The summed E-state index contributed by atoms with van der Waals surface area (Å²) >= 11 is 6.26. The number of benzodiazepines with no additional fused rings is 1.